The molecule has 184 valence electrons. The fraction of sp³-hybridized carbons (Fsp3) is 0.222. The van der Waals surface area contributed by atoms with Crippen LogP contribution in [0.3, 0.4) is 0 Å². The summed E-state index contributed by atoms with van der Waals surface area (Å²) in [5.74, 6) is -3.04. The third kappa shape index (κ3) is 3.98. The van der Waals surface area contributed by atoms with Crippen molar-refractivity contribution in [1.29, 1.82) is 0 Å². The number of ether oxygens (including phenoxy) is 1. The minimum absolute atomic E-state index is 0.0163. The Balaban J connectivity index is 1.68. The Morgan fingerprint density at radius 3 is 2.33 bits per heavy atom. The quantitative estimate of drug-likeness (QED) is 0.305. The summed E-state index contributed by atoms with van der Waals surface area (Å²) in [7, 11) is 0. The molecule has 9 heteroatoms. The minimum Gasteiger partial charge on any atom is -0.462 e. The topological polar surface area (TPSA) is 123 Å². The molecular weight excluding hydrogens is 464 g/mol. The number of anilines is 2. The van der Waals surface area contributed by atoms with Crippen LogP contribution >= 0.6 is 0 Å². The molecule has 3 amide bonds. The van der Waals surface area contributed by atoms with E-state index < -0.39 is 29.5 Å². The van der Waals surface area contributed by atoms with E-state index in [1.54, 1.807) is 19.1 Å². The molecular formula is C27H24N2O7. The van der Waals surface area contributed by atoms with Gasteiger partial charge in [-0.15, -0.1) is 0 Å². The van der Waals surface area contributed by atoms with Crippen molar-refractivity contribution in [1.82, 2.24) is 0 Å². The zero-order valence-corrected chi connectivity index (χ0v) is 20.5. The summed E-state index contributed by atoms with van der Waals surface area (Å²) in [4.78, 5) is 65.0. The SMILES string of the molecule is CCOC(=O)c1c(NC(=O)c2ccc3c(c2)C(=O)N(c2cccc(C)c2C)C3=O)oc(C)c1C(C)=O. The van der Waals surface area contributed by atoms with Crippen LogP contribution in [0.4, 0.5) is 11.6 Å². The molecule has 4 rings (SSSR count). The molecule has 1 N–H and O–H groups in total. The number of hydrogen-bond donors (Lipinski definition) is 1. The summed E-state index contributed by atoms with van der Waals surface area (Å²) >= 11 is 0. The van der Waals surface area contributed by atoms with E-state index in [0.717, 1.165) is 16.0 Å². The van der Waals surface area contributed by atoms with Crippen molar-refractivity contribution in [2.75, 3.05) is 16.8 Å². The number of aryl methyl sites for hydroxylation is 2. The van der Waals surface area contributed by atoms with Crippen molar-refractivity contribution in [3.63, 3.8) is 0 Å². The van der Waals surface area contributed by atoms with Gasteiger partial charge in [0.15, 0.2) is 5.78 Å². The number of ketones is 1. The minimum atomic E-state index is -0.811. The maximum atomic E-state index is 13.2. The van der Waals surface area contributed by atoms with Crippen LogP contribution in [0.25, 0.3) is 0 Å². The van der Waals surface area contributed by atoms with Gasteiger partial charge >= 0.3 is 5.97 Å². The number of furan rings is 1. The van der Waals surface area contributed by atoms with Gasteiger partial charge in [-0.1, -0.05) is 12.1 Å². The number of imide groups is 1. The molecule has 0 bridgehead atoms. The predicted molar refractivity (Wildman–Crippen MR) is 131 cm³/mol. The van der Waals surface area contributed by atoms with E-state index in [1.807, 2.05) is 19.9 Å². The van der Waals surface area contributed by atoms with Crippen LogP contribution in [0.1, 0.15) is 82.5 Å². The van der Waals surface area contributed by atoms with Crippen LogP contribution in [0.2, 0.25) is 0 Å². The molecule has 0 radical (unpaired) electrons. The highest BCUT2D eigenvalue weighted by Crippen LogP contribution is 2.33. The van der Waals surface area contributed by atoms with E-state index in [2.05, 4.69) is 5.32 Å². The second-order valence-corrected chi connectivity index (χ2v) is 8.39. The van der Waals surface area contributed by atoms with Gasteiger partial charge in [0.25, 0.3) is 17.7 Å². The molecule has 0 aliphatic carbocycles. The van der Waals surface area contributed by atoms with Gasteiger partial charge in [0, 0.05) is 5.56 Å². The maximum Gasteiger partial charge on any atom is 0.344 e. The number of nitrogens with zero attached hydrogens (tertiary/aromatic N) is 1. The van der Waals surface area contributed by atoms with Gasteiger partial charge in [-0.2, -0.15) is 0 Å². The molecule has 0 atom stereocenters. The van der Waals surface area contributed by atoms with Crippen molar-refractivity contribution in [2.45, 2.75) is 34.6 Å². The number of amides is 3. The molecule has 3 aromatic rings. The normalized spacial score (nSPS) is 12.5. The molecule has 0 fully saturated rings. The number of esters is 1. The molecule has 0 unspecified atom stereocenters. The van der Waals surface area contributed by atoms with Crippen LogP contribution < -0.4 is 10.2 Å². The lowest BCUT2D eigenvalue weighted by Gasteiger charge is -2.17. The van der Waals surface area contributed by atoms with Crippen molar-refractivity contribution in [3.8, 4) is 0 Å². The van der Waals surface area contributed by atoms with Gasteiger partial charge in [0.05, 0.1) is 29.0 Å². The molecule has 0 saturated heterocycles. The average molecular weight is 488 g/mol. The monoisotopic (exact) mass is 488 g/mol. The van der Waals surface area contributed by atoms with Crippen molar-refractivity contribution in [2.24, 2.45) is 0 Å². The highest BCUT2D eigenvalue weighted by molar-refractivity contribution is 6.35. The molecule has 2 aromatic carbocycles. The first kappa shape index (κ1) is 24.6. The fourth-order valence-electron chi connectivity index (χ4n) is 4.21. The molecule has 0 spiro atoms. The summed E-state index contributed by atoms with van der Waals surface area (Å²) in [5.41, 5.74) is 2.37. The first-order valence-corrected chi connectivity index (χ1v) is 11.3. The lowest BCUT2D eigenvalue weighted by molar-refractivity contribution is 0.0524. The van der Waals surface area contributed by atoms with E-state index in [9.17, 15) is 24.0 Å². The van der Waals surface area contributed by atoms with Crippen LogP contribution in [-0.4, -0.2) is 36.1 Å². The largest absolute Gasteiger partial charge is 0.462 e. The van der Waals surface area contributed by atoms with Crippen molar-refractivity contribution in [3.05, 3.63) is 81.1 Å². The predicted octanol–water partition coefficient (Wildman–Crippen LogP) is 4.64. The summed E-state index contributed by atoms with van der Waals surface area (Å²) in [6.07, 6.45) is 0. The first-order chi connectivity index (χ1) is 17.1. The number of carbonyl (C=O) groups excluding carboxylic acids is 5. The van der Waals surface area contributed by atoms with Gasteiger partial charge < -0.3 is 9.15 Å². The van der Waals surface area contributed by atoms with Crippen LogP contribution in [0.15, 0.2) is 40.8 Å². The lowest BCUT2D eigenvalue weighted by Crippen LogP contribution is -2.30. The number of hydrogen-bond acceptors (Lipinski definition) is 7. The Hall–Kier alpha value is -4.53. The molecule has 1 aliphatic heterocycles. The summed E-state index contributed by atoms with van der Waals surface area (Å²) < 4.78 is 10.5. The molecule has 0 saturated carbocycles. The number of nitrogens with one attached hydrogen (secondary N) is 1. The van der Waals surface area contributed by atoms with Gasteiger partial charge in [0.2, 0.25) is 5.88 Å². The maximum absolute atomic E-state index is 13.2. The summed E-state index contributed by atoms with van der Waals surface area (Å²) in [6.45, 7) is 8.16. The number of rotatable bonds is 6. The average Bonchev–Trinajstić information content (AvgIpc) is 3.29. The third-order valence-electron chi connectivity index (χ3n) is 6.11. The van der Waals surface area contributed by atoms with Crippen LogP contribution in [0.5, 0.6) is 0 Å². The Morgan fingerprint density at radius 1 is 0.972 bits per heavy atom. The third-order valence-corrected chi connectivity index (χ3v) is 6.11. The molecule has 1 aromatic heterocycles. The molecule has 9 nitrogen and oxygen atoms in total. The lowest BCUT2D eigenvalue weighted by atomic mass is 10.0. The van der Waals surface area contributed by atoms with E-state index in [1.165, 1.54) is 32.0 Å². The van der Waals surface area contributed by atoms with Gasteiger partial charge in [-0.3, -0.25) is 24.5 Å². The van der Waals surface area contributed by atoms with E-state index in [4.69, 9.17) is 9.15 Å². The fourth-order valence-corrected chi connectivity index (χ4v) is 4.21. The first-order valence-electron chi connectivity index (χ1n) is 11.3. The highest BCUT2D eigenvalue weighted by atomic mass is 16.5. The smallest absolute Gasteiger partial charge is 0.344 e. The Labute approximate surface area is 207 Å². The molecule has 2 heterocycles. The molecule has 36 heavy (non-hydrogen) atoms. The summed E-state index contributed by atoms with van der Waals surface area (Å²) in [5, 5.41) is 2.49. The number of benzene rings is 2. The Bertz CT molecular complexity index is 1460. The van der Waals surface area contributed by atoms with E-state index in [0.29, 0.717) is 5.69 Å². The number of carbonyl (C=O) groups is 5. The standard InChI is InChI=1S/C27H24N2O7/c1-6-35-27(34)22-21(15(4)30)16(5)36-24(22)28-23(31)17-10-11-18-19(12-17)26(33)29(25(18)32)20-9-7-8-13(2)14(20)3/h7-12H,6H2,1-5H3,(H,28,31). The van der Waals surface area contributed by atoms with E-state index >= 15 is 0 Å². The van der Waals surface area contributed by atoms with Crippen molar-refractivity contribution >= 4 is 41.0 Å². The number of fused-ring (bicyclic) bond motifs is 1. The zero-order chi connectivity index (χ0) is 26.3. The van der Waals surface area contributed by atoms with Gasteiger partial charge in [-0.05, 0) is 70.0 Å². The van der Waals surface area contributed by atoms with Crippen molar-refractivity contribution < 1.29 is 33.1 Å². The Morgan fingerprint density at radius 2 is 1.67 bits per heavy atom. The Kier molecular flexibility index (Phi) is 6.32. The second-order valence-electron chi connectivity index (χ2n) is 8.39. The van der Waals surface area contributed by atoms with Crippen LogP contribution in [-0.2, 0) is 4.74 Å². The van der Waals surface area contributed by atoms with Gasteiger partial charge in [-0.25, -0.2) is 9.69 Å². The zero-order valence-electron chi connectivity index (χ0n) is 20.5. The van der Waals surface area contributed by atoms with Crippen LogP contribution in [0, 0.1) is 20.8 Å². The second kappa shape index (κ2) is 9.26. The molecule has 1 aliphatic rings. The van der Waals surface area contributed by atoms with E-state index in [-0.39, 0.29) is 46.1 Å². The summed E-state index contributed by atoms with van der Waals surface area (Å²) in [6, 6.07) is 9.48. The number of Topliss-reactive ketones (excluding diaryl/α,β-unsaturated/α-hetero) is 1. The highest BCUT2D eigenvalue weighted by Gasteiger charge is 2.38. The van der Waals surface area contributed by atoms with Gasteiger partial charge in [0.1, 0.15) is 11.3 Å².